The molecule has 0 unspecified atom stereocenters. The lowest BCUT2D eigenvalue weighted by molar-refractivity contribution is -0.123. The van der Waals surface area contributed by atoms with E-state index in [1.807, 2.05) is 18.2 Å². The second kappa shape index (κ2) is 8.51. The number of nitrogens with zero attached hydrogens (tertiary/aromatic N) is 1. The van der Waals surface area contributed by atoms with E-state index in [0.717, 1.165) is 26.1 Å². The summed E-state index contributed by atoms with van der Waals surface area (Å²) in [6.45, 7) is 4.31. The first kappa shape index (κ1) is 18.7. The highest BCUT2D eigenvalue weighted by molar-refractivity contribution is 9.10. The fraction of sp³-hybridized carbons (Fsp3) is 0.368. The lowest BCUT2D eigenvalue weighted by Gasteiger charge is -2.19. The standard InChI is InChI=1S/C19H22BrN3O3/c1-13(21-19(25)16-7-8-17(20)26-16)18(24)22-15-9-10-23(12-15)11-14-5-3-2-4-6-14/h2-8,13,15H,9-12H2,1H3,(H,21,25)(H,22,24)/t13-,15-/m1/s1. The van der Waals surface area contributed by atoms with E-state index < -0.39 is 11.9 Å². The van der Waals surface area contributed by atoms with Gasteiger partial charge in [-0.3, -0.25) is 14.5 Å². The minimum absolute atomic E-state index is 0.100. The molecule has 0 spiro atoms. The monoisotopic (exact) mass is 419 g/mol. The molecular weight excluding hydrogens is 398 g/mol. The first-order valence-electron chi connectivity index (χ1n) is 8.64. The molecule has 7 heteroatoms. The molecule has 2 atom stereocenters. The van der Waals surface area contributed by atoms with Crippen molar-refractivity contribution in [2.45, 2.75) is 32.0 Å². The van der Waals surface area contributed by atoms with Crippen LogP contribution in [0, 0.1) is 0 Å². The molecule has 1 aromatic carbocycles. The maximum atomic E-state index is 12.4. The summed E-state index contributed by atoms with van der Waals surface area (Å²) in [5, 5.41) is 5.68. The van der Waals surface area contributed by atoms with Gasteiger partial charge >= 0.3 is 0 Å². The third-order valence-electron chi connectivity index (χ3n) is 4.41. The molecule has 2 aromatic rings. The van der Waals surface area contributed by atoms with Gasteiger partial charge in [-0.25, -0.2) is 0 Å². The number of likely N-dealkylation sites (tertiary alicyclic amines) is 1. The zero-order chi connectivity index (χ0) is 18.5. The number of nitrogens with one attached hydrogen (secondary N) is 2. The third-order valence-corrected chi connectivity index (χ3v) is 4.83. The lowest BCUT2D eigenvalue weighted by Crippen LogP contribution is -2.48. The average Bonchev–Trinajstić information content (AvgIpc) is 3.24. The topological polar surface area (TPSA) is 74.6 Å². The summed E-state index contributed by atoms with van der Waals surface area (Å²) in [5.74, 6) is -0.419. The van der Waals surface area contributed by atoms with Crippen LogP contribution in [0.25, 0.3) is 0 Å². The summed E-state index contributed by atoms with van der Waals surface area (Å²) in [4.78, 5) is 26.7. The lowest BCUT2D eigenvalue weighted by atomic mass is 10.2. The highest BCUT2D eigenvalue weighted by Crippen LogP contribution is 2.15. The van der Waals surface area contributed by atoms with E-state index in [9.17, 15) is 9.59 Å². The first-order valence-corrected chi connectivity index (χ1v) is 9.43. The molecule has 138 valence electrons. The van der Waals surface area contributed by atoms with Crippen molar-refractivity contribution in [2.75, 3.05) is 13.1 Å². The van der Waals surface area contributed by atoms with Gasteiger partial charge in [0, 0.05) is 25.7 Å². The van der Waals surface area contributed by atoms with Crippen molar-refractivity contribution in [1.29, 1.82) is 0 Å². The van der Waals surface area contributed by atoms with Gasteiger partial charge in [-0.1, -0.05) is 30.3 Å². The van der Waals surface area contributed by atoms with Crippen LogP contribution in [0.1, 0.15) is 29.5 Å². The van der Waals surface area contributed by atoms with Crippen LogP contribution in [0.3, 0.4) is 0 Å². The molecule has 1 saturated heterocycles. The molecule has 6 nitrogen and oxygen atoms in total. The fourth-order valence-electron chi connectivity index (χ4n) is 3.03. The van der Waals surface area contributed by atoms with Crippen molar-refractivity contribution in [2.24, 2.45) is 0 Å². The van der Waals surface area contributed by atoms with E-state index in [1.165, 1.54) is 5.56 Å². The van der Waals surface area contributed by atoms with Gasteiger partial charge in [-0.05, 0) is 47.0 Å². The Morgan fingerprint density at radius 1 is 1.27 bits per heavy atom. The number of rotatable bonds is 6. The summed E-state index contributed by atoms with van der Waals surface area (Å²) >= 11 is 3.15. The third kappa shape index (κ3) is 4.95. The number of halogens is 1. The molecule has 2 N–H and O–H groups in total. The van der Waals surface area contributed by atoms with Gasteiger partial charge in [0.2, 0.25) is 5.91 Å². The fourth-order valence-corrected chi connectivity index (χ4v) is 3.34. The molecule has 3 rings (SSSR count). The van der Waals surface area contributed by atoms with Crippen molar-refractivity contribution < 1.29 is 14.0 Å². The largest absolute Gasteiger partial charge is 0.444 e. The predicted octanol–water partition coefficient (Wildman–Crippen LogP) is 2.55. The highest BCUT2D eigenvalue weighted by atomic mass is 79.9. The molecule has 0 aliphatic carbocycles. The van der Waals surface area contributed by atoms with Crippen LogP contribution in [0.5, 0.6) is 0 Å². The van der Waals surface area contributed by atoms with Gasteiger partial charge < -0.3 is 15.1 Å². The minimum atomic E-state index is -0.630. The summed E-state index contributed by atoms with van der Waals surface area (Å²) in [5.41, 5.74) is 1.27. The average molecular weight is 420 g/mol. The van der Waals surface area contributed by atoms with E-state index in [4.69, 9.17) is 4.42 Å². The van der Waals surface area contributed by atoms with Crippen LogP contribution in [-0.4, -0.2) is 41.9 Å². The number of amides is 2. The summed E-state index contributed by atoms with van der Waals surface area (Å²) in [7, 11) is 0. The number of furan rings is 1. The molecule has 26 heavy (non-hydrogen) atoms. The van der Waals surface area contributed by atoms with Crippen molar-refractivity contribution in [3.05, 3.63) is 58.5 Å². The second-order valence-corrected chi connectivity index (χ2v) is 7.30. The molecule has 1 aromatic heterocycles. The maximum absolute atomic E-state index is 12.4. The van der Waals surface area contributed by atoms with Crippen LogP contribution < -0.4 is 10.6 Å². The molecule has 0 bridgehead atoms. The molecule has 2 heterocycles. The van der Waals surface area contributed by atoms with E-state index in [0.29, 0.717) is 4.67 Å². The Kier molecular flexibility index (Phi) is 6.11. The smallest absolute Gasteiger partial charge is 0.287 e. The highest BCUT2D eigenvalue weighted by Gasteiger charge is 2.26. The van der Waals surface area contributed by atoms with E-state index in [2.05, 4.69) is 43.6 Å². The molecule has 1 fully saturated rings. The van der Waals surface area contributed by atoms with Gasteiger partial charge in [0.1, 0.15) is 6.04 Å². The van der Waals surface area contributed by atoms with Crippen LogP contribution in [0.4, 0.5) is 0 Å². The Hall–Kier alpha value is -2.12. The minimum Gasteiger partial charge on any atom is -0.444 e. The SMILES string of the molecule is C[C@@H](NC(=O)c1ccc(Br)o1)C(=O)N[C@@H]1CCN(Cc2ccccc2)C1. The molecular formula is C19H22BrN3O3. The Balaban J connectivity index is 1.45. The summed E-state index contributed by atoms with van der Waals surface area (Å²) in [6, 6.07) is 13.0. The predicted molar refractivity (Wildman–Crippen MR) is 102 cm³/mol. The number of carbonyl (C=O) groups is 2. The van der Waals surface area contributed by atoms with Gasteiger partial charge in [0.25, 0.3) is 5.91 Å². The number of hydrogen-bond donors (Lipinski definition) is 2. The quantitative estimate of drug-likeness (QED) is 0.754. The Bertz CT molecular complexity index is 762. The molecule has 2 amide bonds. The first-order chi connectivity index (χ1) is 12.5. The van der Waals surface area contributed by atoms with Crippen LogP contribution in [0.15, 0.2) is 51.6 Å². The van der Waals surface area contributed by atoms with Crippen molar-refractivity contribution >= 4 is 27.7 Å². The second-order valence-electron chi connectivity index (χ2n) is 6.51. The van der Waals surface area contributed by atoms with Gasteiger partial charge in [0.15, 0.2) is 10.4 Å². The van der Waals surface area contributed by atoms with Gasteiger partial charge in [0.05, 0.1) is 0 Å². The van der Waals surface area contributed by atoms with E-state index >= 15 is 0 Å². The van der Waals surface area contributed by atoms with Crippen LogP contribution in [0.2, 0.25) is 0 Å². The van der Waals surface area contributed by atoms with Crippen molar-refractivity contribution in [3.63, 3.8) is 0 Å². The Labute approximate surface area is 161 Å². The maximum Gasteiger partial charge on any atom is 0.287 e. The van der Waals surface area contributed by atoms with Gasteiger partial charge in [-0.15, -0.1) is 0 Å². The number of carbonyl (C=O) groups excluding carboxylic acids is 2. The zero-order valence-electron chi connectivity index (χ0n) is 14.6. The Morgan fingerprint density at radius 3 is 2.73 bits per heavy atom. The van der Waals surface area contributed by atoms with E-state index in [-0.39, 0.29) is 17.7 Å². The molecule has 1 aliphatic rings. The normalized spacial score (nSPS) is 18.5. The van der Waals surface area contributed by atoms with Gasteiger partial charge in [-0.2, -0.15) is 0 Å². The number of benzene rings is 1. The zero-order valence-corrected chi connectivity index (χ0v) is 16.2. The Morgan fingerprint density at radius 2 is 2.04 bits per heavy atom. The summed E-state index contributed by atoms with van der Waals surface area (Å²) < 4.78 is 5.67. The molecule has 0 radical (unpaired) electrons. The van der Waals surface area contributed by atoms with Crippen LogP contribution in [-0.2, 0) is 11.3 Å². The van der Waals surface area contributed by atoms with Crippen molar-refractivity contribution in [1.82, 2.24) is 15.5 Å². The molecule has 1 aliphatic heterocycles. The van der Waals surface area contributed by atoms with E-state index in [1.54, 1.807) is 19.1 Å². The van der Waals surface area contributed by atoms with Crippen molar-refractivity contribution in [3.8, 4) is 0 Å². The molecule has 0 saturated carbocycles. The number of hydrogen-bond acceptors (Lipinski definition) is 4. The van der Waals surface area contributed by atoms with Crippen LogP contribution >= 0.6 is 15.9 Å². The summed E-state index contributed by atoms with van der Waals surface area (Å²) in [6.07, 6.45) is 0.907.